The number of benzene rings is 1. The summed E-state index contributed by atoms with van der Waals surface area (Å²) in [5.74, 6) is 0.534. The van der Waals surface area contributed by atoms with E-state index in [2.05, 4.69) is 19.9 Å². The van der Waals surface area contributed by atoms with E-state index in [1.165, 1.54) is 23.2 Å². The maximum Gasteiger partial charge on any atom is 0.257 e. The van der Waals surface area contributed by atoms with Crippen LogP contribution in [0.25, 0.3) is 11.3 Å². The fraction of sp³-hybridized carbons (Fsp3) is 0.478. The lowest BCUT2D eigenvalue weighted by atomic mass is 9.96. The third-order valence-electron chi connectivity index (χ3n) is 6.46. The van der Waals surface area contributed by atoms with Crippen LogP contribution < -0.4 is 0 Å². The Morgan fingerprint density at radius 1 is 1.09 bits per heavy atom. The third kappa shape index (κ3) is 3.80. The van der Waals surface area contributed by atoms with Crippen LogP contribution in [0.2, 0.25) is 0 Å². The molecular weight excluding hydrogens is 414 g/mol. The molecule has 0 spiro atoms. The van der Waals surface area contributed by atoms with Gasteiger partial charge in [-0.1, -0.05) is 6.42 Å². The van der Waals surface area contributed by atoms with E-state index in [1.54, 1.807) is 18.1 Å². The first-order valence-electron chi connectivity index (χ1n) is 11.2. The first-order valence-corrected chi connectivity index (χ1v) is 11.2. The standard InChI is InChI=1S/C23H26F2N6O/c1-29-14-18(21(28-29)17-9-8-16(24)12-19(17)25)23(32)30-10-5-6-15(13-30)22-27-26-20-7-3-2-4-11-31(20)22/h8-9,12,14-15H,2-7,10-11,13H2,1H3. The third-order valence-corrected chi connectivity index (χ3v) is 6.46. The van der Waals surface area contributed by atoms with Gasteiger partial charge in [0.15, 0.2) is 0 Å². The monoisotopic (exact) mass is 440 g/mol. The van der Waals surface area contributed by atoms with Crippen LogP contribution >= 0.6 is 0 Å². The van der Waals surface area contributed by atoms with Gasteiger partial charge in [-0.15, -0.1) is 10.2 Å². The number of hydrogen-bond donors (Lipinski definition) is 0. The Morgan fingerprint density at radius 2 is 1.97 bits per heavy atom. The zero-order valence-corrected chi connectivity index (χ0v) is 18.1. The van der Waals surface area contributed by atoms with Crippen molar-refractivity contribution in [2.75, 3.05) is 13.1 Å². The Hall–Kier alpha value is -3.10. The smallest absolute Gasteiger partial charge is 0.257 e. The highest BCUT2D eigenvalue weighted by molar-refractivity contribution is 6.00. The molecular formula is C23H26F2N6O. The minimum absolute atomic E-state index is 0.117. The summed E-state index contributed by atoms with van der Waals surface area (Å²) in [6.07, 6.45) is 7.82. The van der Waals surface area contributed by atoms with Crippen LogP contribution in [-0.4, -0.2) is 48.4 Å². The zero-order valence-electron chi connectivity index (χ0n) is 18.1. The van der Waals surface area contributed by atoms with Crippen LogP contribution in [0, 0.1) is 11.6 Å². The number of carbonyl (C=O) groups excluding carboxylic acids is 1. The summed E-state index contributed by atoms with van der Waals surface area (Å²) in [5.41, 5.74) is 0.666. The van der Waals surface area contributed by atoms with Crippen LogP contribution in [0.4, 0.5) is 8.78 Å². The molecule has 4 heterocycles. The van der Waals surface area contributed by atoms with Gasteiger partial charge in [0.25, 0.3) is 5.91 Å². The van der Waals surface area contributed by atoms with Crippen molar-refractivity contribution in [3.8, 4) is 11.3 Å². The molecule has 2 aliphatic heterocycles. The van der Waals surface area contributed by atoms with Crippen molar-refractivity contribution in [2.45, 2.75) is 51.0 Å². The maximum absolute atomic E-state index is 14.4. The minimum Gasteiger partial charge on any atom is -0.338 e. The van der Waals surface area contributed by atoms with Gasteiger partial charge in [-0.3, -0.25) is 9.48 Å². The lowest BCUT2D eigenvalue weighted by Crippen LogP contribution is -2.40. The van der Waals surface area contributed by atoms with Gasteiger partial charge in [0.05, 0.1) is 5.56 Å². The molecule has 2 aliphatic rings. The van der Waals surface area contributed by atoms with Gasteiger partial charge in [-0.05, 0) is 37.8 Å². The Bertz CT molecular complexity index is 1150. The second-order valence-corrected chi connectivity index (χ2v) is 8.72. The van der Waals surface area contributed by atoms with Gasteiger partial charge >= 0.3 is 0 Å². The number of carbonyl (C=O) groups is 1. The van der Waals surface area contributed by atoms with E-state index in [0.717, 1.165) is 56.4 Å². The molecule has 3 aromatic rings. The van der Waals surface area contributed by atoms with Crippen molar-refractivity contribution in [1.82, 2.24) is 29.4 Å². The summed E-state index contributed by atoms with van der Waals surface area (Å²) < 4.78 is 31.6. The van der Waals surface area contributed by atoms with E-state index in [9.17, 15) is 13.6 Å². The van der Waals surface area contributed by atoms with Crippen molar-refractivity contribution in [3.63, 3.8) is 0 Å². The SMILES string of the molecule is Cn1cc(C(=O)N2CCCC(c3nnc4n3CCCCC4)C2)c(-c2ccc(F)cc2F)n1. The van der Waals surface area contributed by atoms with Crippen molar-refractivity contribution in [3.05, 3.63) is 53.2 Å². The molecule has 0 radical (unpaired) electrons. The summed E-state index contributed by atoms with van der Waals surface area (Å²) >= 11 is 0. The Balaban J connectivity index is 1.42. The molecule has 2 aromatic heterocycles. The van der Waals surface area contributed by atoms with Crippen molar-refractivity contribution in [2.24, 2.45) is 7.05 Å². The molecule has 0 aliphatic carbocycles. The highest BCUT2D eigenvalue weighted by atomic mass is 19.1. The predicted molar refractivity (Wildman–Crippen MR) is 114 cm³/mol. The summed E-state index contributed by atoms with van der Waals surface area (Å²) in [7, 11) is 1.69. The first-order chi connectivity index (χ1) is 15.5. The number of rotatable bonds is 3. The van der Waals surface area contributed by atoms with Crippen LogP contribution in [0.3, 0.4) is 0 Å². The summed E-state index contributed by atoms with van der Waals surface area (Å²) in [6, 6.07) is 3.32. The second kappa shape index (κ2) is 8.44. The summed E-state index contributed by atoms with van der Waals surface area (Å²) in [4.78, 5) is 15.3. The molecule has 5 rings (SSSR count). The van der Waals surface area contributed by atoms with Crippen LogP contribution in [0.15, 0.2) is 24.4 Å². The van der Waals surface area contributed by atoms with Gasteiger partial charge in [-0.2, -0.15) is 5.10 Å². The molecule has 168 valence electrons. The quantitative estimate of drug-likeness (QED) is 0.623. The largest absolute Gasteiger partial charge is 0.338 e. The topological polar surface area (TPSA) is 68.8 Å². The molecule has 1 unspecified atom stereocenters. The molecule has 1 fully saturated rings. The molecule has 1 amide bonds. The van der Waals surface area contributed by atoms with Gasteiger partial charge in [0, 0.05) is 56.8 Å². The van der Waals surface area contributed by atoms with Gasteiger partial charge < -0.3 is 9.47 Å². The highest BCUT2D eigenvalue weighted by Crippen LogP contribution is 2.31. The number of nitrogens with zero attached hydrogens (tertiary/aromatic N) is 6. The maximum atomic E-state index is 14.4. The summed E-state index contributed by atoms with van der Waals surface area (Å²) in [6.45, 7) is 2.09. The number of likely N-dealkylation sites (tertiary alicyclic amines) is 1. The molecule has 0 bridgehead atoms. The average Bonchev–Trinajstić information content (AvgIpc) is 3.28. The Kier molecular flexibility index (Phi) is 5.48. The number of halogens is 2. The number of fused-ring (bicyclic) bond motifs is 1. The fourth-order valence-electron chi connectivity index (χ4n) is 4.88. The van der Waals surface area contributed by atoms with Crippen molar-refractivity contribution < 1.29 is 13.6 Å². The molecule has 32 heavy (non-hydrogen) atoms. The number of hydrogen-bond acceptors (Lipinski definition) is 4. The van der Waals surface area contributed by atoms with E-state index < -0.39 is 11.6 Å². The van der Waals surface area contributed by atoms with E-state index in [-0.39, 0.29) is 23.1 Å². The fourth-order valence-corrected chi connectivity index (χ4v) is 4.88. The highest BCUT2D eigenvalue weighted by Gasteiger charge is 2.32. The van der Waals surface area contributed by atoms with Crippen LogP contribution in [0.1, 0.15) is 60.0 Å². The van der Waals surface area contributed by atoms with Gasteiger partial charge in [-0.25, -0.2) is 8.78 Å². The van der Waals surface area contributed by atoms with E-state index >= 15 is 0 Å². The Labute approximate surface area is 185 Å². The Morgan fingerprint density at radius 3 is 2.81 bits per heavy atom. The van der Waals surface area contributed by atoms with Crippen LogP contribution in [-0.2, 0) is 20.0 Å². The van der Waals surface area contributed by atoms with Crippen LogP contribution in [0.5, 0.6) is 0 Å². The molecule has 0 saturated carbocycles. The van der Waals surface area contributed by atoms with Crippen molar-refractivity contribution in [1.29, 1.82) is 0 Å². The molecule has 7 nitrogen and oxygen atoms in total. The van der Waals surface area contributed by atoms with E-state index in [1.807, 2.05) is 0 Å². The summed E-state index contributed by atoms with van der Waals surface area (Å²) in [5, 5.41) is 13.2. The molecule has 1 saturated heterocycles. The number of aryl methyl sites for hydroxylation is 2. The lowest BCUT2D eigenvalue weighted by molar-refractivity contribution is 0.0703. The predicted octanol–water partition coefficient (Wildman–Crippen LogP) is 3.70. The average molecular weight is 440 g/mol. The lowest BCUT2D eigenvalue weighted by Gasteiger charge is -2.32. The van der Waals surface area contributed by atoms with E-state index in [0.29, 0.717) is 18.7 Å². The first kappa shape index (κ1) is 20.8. The molecule has 0 N–H and O–H groups in total. The van der Waals surface area contributed by atoms with Crippen molar-refractivity contribution >= 4 is 5.91 Å². The normalized spacial score (nSPS) is 19.0. The van der Waals surface area contributed by atoms with E-state index in [4.69, 9.17) is 0 Å². The van der Waals surface area contributed by atoms with Gasteiger partial charge in [0.1, 0.15) is 29.0 Å². The number of piperidine rings is 1. The second-order valence-electron chi connectivity index (χ2n) is 8.72. The molecule has 9 heteroatoms. The minimum atomic E-state index is -0.736. The van der Waals surface area contributed by atoms with Gasteiger partial charge in [0.2, 0.25) is 0 Å². The number of amides is 1. The molecule has 1 aromatic carbocycles. The zero-order chi connectivity index (χ0) is 22.2. The number of aromatic nitrogens is 5. The molecule has 1 atom stereocenters.